The number of para-hydroxylation sites is 2. The van der Waals surface area contributed by atoms with Crippen molar-refractivity contribution < 1.29 is 4.74 Å². The second-order valence-corrected chi connectivity index (χ2v) is 16.2. The highest BCUT2D eigenvalue weighted by Crippen LogP contribution is 2.63. The Balaban J connectivity index is 0.953. The fourth-order valence-corrected chi connectivity index (χ4v) is 9.93. The van der Waals surface area contributed by atoms with E-state index in [1.165, 1.54) is 38.9 Å². The lowest BCUT2D eigenvalue weighted by Gasteiger charge is -2.40. The summed E-state index contributed by atoms with van der Waals surface area (Å²) in [5.74, 6) is 3.85. The summed E-state index contributed by atoms with van der Waals surface area (Å²) < 4.78 is 7.03. The summed E-state index contributed by atoms with van der Waals surface area (Å²) in [6, 6.07) is 70.8. The zero-order valence-electron chi connectivity index (χ0n) is 33.8. The highest BCUT2D eigenvalue weighted by atomic mass is 16.5. The van der Waals surface area contributed by atoms with Crippen LogP contribution in [0.1, 0.15) is 45.7 Å². The molecule has 8 aromatic carbocycles. The highest BCUT2D eigenvalue weighted by Gasteiger charge is 2.51. The molecule has 1 aliphatic heterocycles. The van der Waals surface area contributed by atoms with E-state index in [1.807, 2.05) is 24.3 Å². The molecule has 4 nitrogen and oxygen atoms in total. The molecular formula is C58H39N3O. The average Bonchev–Trinajstić information content (AvgIpc) is 3.65. The maximum absolute atomic E-state index is 7.03. The molecule has 9 aromatic rings. The van der Waals surface area contributed by atoms with Gasteiger partial charge in [-0.25, -0.2) is 15.0 Å². The van der Waals surface area contributed by atoms with Crippen LogP contribution >= 0.6 is 0 Å². The van der Waals surface area contributed by atoms with Gasteiger partial charge in [-0.05, 0) is 69.1 Å². The summed E-state index contributed by atoms with van der Waals surface area (Å²) in [4.78, 5) is 15.3. The van der Waals surface area contributed by atoms with E-state index in [9.17, 15) is 0 Å². The lowest BCUT2D eigenvalue weighted by molar-refractivity contribution is 0.435. The predicted molar refractivity (Wildman–Crippen MR) is 250 cm³/mol. The molecule has 0 saturated heterocycles. The monoisotopic (exact) mass is 793 g/mol. The van der Waals surface area contributed by atoms with Gasteiger partial charge in [-0.2, -0.15) is 0 Å². The molecule has 0 fully saturated rings. The van der Waals surface area contributed by atoms with Gasteiger partial charge in [0.25, 0.3) is 0 Å². The van der Waals surface area contributed by atoms with Gasteiger partial charge in [0.05, 0.1) is 5.41 Å². The van der Waals surface area contributed by atoms with Gasteiger partial charge in [-0.15, -0.1) is 0 Å². The Morgan fingerprint density at radius 1 is 0.419 bits per heavy atom. The first kappa shape index (κ1) is 35.9. The van der Waals surface area contributed by atoms with Gasteiger partial charge in [0, 0.05) is 39.3 Å². The summed E-state index contributed by atoms with van der Waals surface area (Å²) in [7, 11) is 0. The molecule has 3 aliphatic rings. The molecule has 292 valence electrons. The van der Waals surface area contributed by atoms with Crippen LogP contribution in [0.4, 0.5) is 0 Å². The van der Waals surface area contributed by atoms with Gasteiger partial charge in [0.15, 0.2) is 17.5 Å². The largest absolute Gasteiger partial charge is 0.456 e. The van der Waals surface area contributed by atoms with Crippen molar-refractivity contribution in [3.8, 4) is 67.9 Å². The summed E-state index contributed by atoms with van der Waals surface area (Å²) in [6.45, 7) is 0. The first-order valence-electron chi connectivity index (χ1n) is 21.3. The maximum atomic E-state index is 7.03. The van der Waals surface area contributed by atoms with Crippen LogP contribution < -0.4 is 4.74 Å². The number of aromatic nitrogens is 3. The van der Waals surface area contributed by atoms with Crippen molar-refractivity contribution in [1.29, 1.82) is 0 Å². The molecule has 0 N–H and O–H groups in total. The van der Waals surface area contributed by atoms with Crippen molar-refractivity contribution in [3.05, 3.63) is 252 Å². The number of ether oxygens (including phenoxy) is 1. The van der Waals surface area contributed by atoms with E-state index in [-0.39, 0.29) is 5.92 Å². The minimum absolute atomic E-state index is 0.126. The van der Waals surface area contributed by atoms with Gasteiger partial charge in [-0.1, -0.05) is 200 Å². The maximum Gasteiger partial charge on any atom is 0.164 e. The minimum atomic E-state index is -0.509. The SMILES string of the molecule is C1=CC(c2cccc3c2Oc2ccccc2C32c3ccccc3-c3ccccc32)=CC(c2cccc(-c3nc(-c4ccccc4)nc(-c4cccc(-c5ccccc5)c4)n3)c2)C1. The summed E-state index contributed by atoms with van der Waals surface area (Å²) in [5.41, 5.74) is 15.5. The number of rotatable bonds is 6. The van der Waals surface area contributed by atoms with Crippen LogP contribution in [-0.2, 0) is 5.41 Å². The van der Waals surface area contributed by atoms with Crippen molar-refractivity contribution in [2.75, 3.05) is 0 Å². The normalized spacial score (nSPS) is 15.2. The van der Waals surface area contributed by atoms with E-state index in [0.717, 1.165) is 56.9 Å². The van der Waals surface area contributed by atoms with Gasteiger partial charge >= 0.3 is 0 Å². The molecule has 0 bridgehead atoms. The molecule has 0 amide bonds. The third kappa shape index (κ3) is 5.79. The molecule has 1 atom stereocenters. The van der Waals surface area contributed by atoms with Crippen LogP contribution in [0, 0.1) is 0 Å². The smallest absolute Gasteiger partial charge is 0.164 e. The van der Waals surface area contributed by atoms with Crippen LogP contribution in [0.15, 0.2) is 218 Å². The lowest BCUT2D eigenvalue weighted by Crippen LogP contribution is -2.32. The Bertz CT molecular complexity index is 3210. The van der Waals surface area contributed by atoms with E-state index >= 15 is 0 Å². The van der Waals surface area contributed by atoms with Crippen molar-refractivity contribution >= 4 is 5.57 Å². The van der Waals surface area contributed by atoms with Crippen LogP contribution in [-0.4, -0.2) is 15.0 Å². The number of hydrogen-bond acceptors (Lipinski definition) is 4. The van der Waals surface area contributed by atoms with Crippen LogP contribution in [0.25, 0.3) is 62.0 Å². The van der Waals surface area contributed by atoms with Crippen molar-refractivity contribution in [3.63, 3.8) is 0 Å². The molecule has 4 heteroatoms. The number of nitrogens with zero attached hydrogens (tertiary/aromatic N) is 3. The Kier molecular flexibility index (Phi) is 8.49. The second-order valence-electron chi connectivity index (χ2n) is 16.2. The fraction of sp³-hybridized carbons (Fsp3) is 0.0517. The molecule has 2 aliphatic carbocycles. The first-order chi connectivity index (χ1) is 30.7. The summed E-state index contributed by atoms with van der Waals surface area (Å²) in [6.07, 6.45) is 7.84. The number of fused-ring (bicyclic) bond motifs is 9. The number of allylic oxidation sites excluding steroid dienone is 4. The Morgan fingerprint density at radius 3 is 1.66 bits per heavy atom. The highest BCUT2D eigenvalue weighted by molar-refractivity contribution is 5.91. The van der Waals surface area contributed by atoms with Gasteiger partial charge < -0.3 is 4.74 Å². The Labute approximate surface area is 361 Å². The third-order valence-electron chi connectivity index (χ3n) is 12.7. The zero-order valence-corrected chi connectivity index (χ0v) is 33.8. The Morgan fingerprint density at radius 2 is 0.935 bits per heavy atom. The van der Waals surface area contributed by atoms with E-state index in [4.69, 9.17) is 19.7 Å². The molecule has 12 rings (SSSR count). The standard InChI is InChI=1S/C58H39N3O/c1-3-17-38(18-4-1)40-21-14-25-44(36-40)56-59-55(39-19-5-2-6-20-39)60-57(61-56)45-26-15-23-42(37-45)41-22-13-24-43(35-41)46-29-16-33-52-54(46)62-53-34-12-11-32-51(53)58(52)49-30-9-7-27-47(49)48-28-8-10-31-50(48)58/h1-21,23-37,41H,22H2. The van der Waals surface area contributed by atoms with Crippen LogP contribution in [0.2, 0.25) is 0 Å². The van der Waals surface area contributed by atoms with Crippen molar-refractivity contribution in [2.24, 2.45) is 0 Å². The predicted octanol–water partition coefficient (Wildman–Crippen LogP) is 14.1. The van der Waals surface area contributed by atoms with E-state index in [0.29, 0.717) is 17.5 Å². The van der Waals surface area contributed by atoms with E-state index in [2.05, 4.69) is 194 Å². The first-order valence-corrected chi connectivity index (χ1v) is 21.3. The molecule has 0 radical (unpaired) electrons. The zero-order chi connectivity index (χ0) is 41.0. The summed E-state index contributed by atoms with van der Waals surface area (Å²) >= 11 is 0. The minimum Gasteiger partial charge on any atom is -0.456 e. The summed E-state index contributed by atoms with van der Waals surface area (Å²) in [5, 5.41) is 0. The fourth-order valence-electron chi connectivity index (χ4n) is 9.93. The lowest BCUT2D eigenvalue weighted by atomic mass is 9.65. The van der Waals surface area contributed by atoms with Crippen molar-refractivity contribution in [2.45, 2.75) is 17.8 Å². The van der Waals surface area contributed by atoms with Crippen LogP contribution in [0.5, 0.6) is 11.5 Å². The van der Waals surface area contributed by atoms with Crippen LogP contribution in [0.3, 0.4) is 0 Å². The topological polar surface area (TPSA) is 47.9 Å². The third-order valence-corrected chi connectivity index (χ3v) is 12.7. The van der Waals surface area contributed by atoms with E-state index < -0.39 is 5.41 Å². The molecular weight excluding hydrogens is 755 g/mol. The average molecular weight is 794 g/mol. The number of hydrogen-bond donors (Lipinski definition) is 0. The molecule has 1 aromatic heterocycles. The molecule has 2 heterocycles. The Hall–Kier alpha value is -7.95. The van der Waals surface area contributed by atoms with Gasteiger partial charge in [0.1, 0.15) is 11.5 Å². The molecule has 0 saturated carbocycles. The second kappa shape index (κ2) is 14.6. The molecule has 1 spiro atoms. The molecule has 1 unspecified atom stereocenters. The van der Waals surface area contributed by atoms with Crippen molar-refractivity contribution in [1.82, 2.24) is 15.0 Å². The molecule has 62 heavy (non-hydrogen) atoms. The van der Waals surface area contributed by atoms with Gasteiger partial charge in [-0.3, -0.25) is 0 Å². The quantitative estimate of drug-likeness (QED) is 0.168. The van der Waals surface area contributed by atoms with Gasteiger partial charge in [0.2, 0.25) is 0 Å². The number of benzene rings is 8. The van der Waals surface area contributed by atoms with E-state index in [1.54, 1.807) is 0 Å².